The minimum atomic E-state index is -0.827. The van der Waals surface area contributed by atoms with Crippen molar-refractivity contribution in [1.82, 2.24) is 0 Å². The van der Waals surface area contributed by atoms with Gasteiger partial charge in [0.25, 0.3) is 0 Å². The lowest BCUT2D eigenvalue weighted by Crippen LogP contribution is -2.37. The number of hydrogen-bond donors (Lipinski definition) is 0. The van der Waals surface area contributed by atoms with Gasteiger partial charge in [0.05, 0.1) is 14.2 Å². The van der Waals surface area contributed by atoms with Gasteiger partial charge < -0.3 is 18.9 Å². The molecule has 0 aromatic rings. The normalized spacial score (nSPS) is 28.8. The number of ketones is 2. The highest BCUT2D eigenvalue weighted by Gasteiger charge is 2.41. The van der Waals surface area contributed by atoms with Crippen molar-refractivity contribution in [3.63, 3.8) is 0 Å². The molecule has 0 aliphatic heterocycles. The number of carbonyl (C=O) groups is 2. The molecule has 0 spiro atoms. The Morgan fingerprint density at radius 3 is 1.27 bits per heavy atom. The van der Waals surface area contributed by atoms with E-state index in [0.717, 1.165) is 0 Å². The van der Waals surface area contributed by atoms with Gasteiger partial charge in [-0.1, -0.05) is 13.8 Å². The summed E-state index contributed by atoms with van der Waals surface area (Å²) in [5, 5.41) is 0. The Morgan fingerprint density at radius 2 is 1.04 bits per heavy atom. The van der Waals surface area contributed by atoms with Crippen LogP contribution in [0.3, 0.4) is 0 Å². The number of allylic oxidation sites excluding steroid dienone is 2. The molecule has 6 heteroatoms. The van der Waals surface area contributed by atoms with Crippen molar-refractivity contribution in [2.75, 3.05) is 28.4 Å². The Morgan fingerprint density at radius 1 is 0.692 bits per heavy atom. The maximum absolute atomic E-state index is 12.9. The zero-order valence-electron chi connectivity index (χ0n) is 16.2. The highest BCUT2D eigenvalue weighted by molar-refractivity contribution is 6.22. The van der Waals surface area contributed by atoms with Gasteiger partial charge in [-0.2, -0.15) is 0 Å². The maximum atomic E-state index is 12.9. The zero-order valence-corrected chi connectivity index (χ0v) is 16.2. The molecule has 2 aliphatic rings. The summed E-state index contributed by atoms with van der Waals surface area (Å²) in [6.07, 6.45) is 7.79. The smallest absolute Gasteiger partial charge is 0.227 e. The molecule has 0 amide bonds. The van der Waals surface area contributed by atoms with Crippen molar-refractivity contribution in [2.45, 2.75) is 37.9 Å². The number of ether oxygens (including phenoxy) is 4. The van der Waals surface area contributed by atoms with Crippen molar-refractivity contribution in [2.24, 2.45) is 0 Å². The summed E-state index contributed by atoms with van der Waals surface area (Å²) >= 11 is 0. The van der Waals surface area contributed by atoms with Crippen LogP contribution in [-0.2, 0) is 28.5 Å². The molecule has 26 heavy (non-hydrogen) atoms. The van der Waals surface area contributed by atoms with E-state index in [1.54, 1.807) is 38.5 Å². The third-order valence-electron chi connectivity index (χ3n) is 5.06. The number of Topliss-reactive ketones (excluding diaryl/α,β-unsaturated/α-hetero) is 2. The number of rotatable bonds is 7. The summed E-state index contributed by atoms with van der Waals surface area (Å²) in [5.74, 6) is -0.445. The van der Waals surface area contributed by atoms with E-state index in [4.69, 9.17) is 18.9 Å². The molecule has 142 valence electrons. The Labute approximate surface area is 154 Å². The first kappa shape index (κ1) is 20.1. The molecule has 2 rings (SSSR count). The Bertz CT molecular complexity index is 653. The van der Waals surface area contributed by atoms with Crippen LogP contribution in [0.5, 0.6) is 0 Å². The molecule has 0 N–H and O–H groups in total. The quantitative estimate of drug-likeness (QED) is 0.693. The fourth-order valence-corrected chi connectivity index (χ4v) is 3.18. The highest BCUT2D eigenvalue weighted by atomic mass is 16.5. The van der Waals surface area contributed by atoms with E-state index >= 15 is 0 Å². The van der Waals surface area contributed by atoms with Crippen molar-refractivity contribution in [3.05, 3.63) is 47.0 Å². The summed E-state index contributed by atoms with van der Waals surface area (Å²) in [7, 11) is 5.96. The van der Waals surface area contributed by atoms with Gasteiger partial charge in [0, 0.05) is 25.4 Å². The van der Waals surface area contributed by atoms with Crippen LogP contribution in [0.4, 0.5) is 0 Å². The number of methoxy groups -OCH3 is 4. The predicted molar refractivity (Wildman–Crippen MR) is 96.4 cm³/mol. The molecule has 0 radical (unpaired) electrons. The standard InChI is InChI=1S/C20H26O6/c1-7-19(25-5)9-13(17(21)15(11-19)23-3)14-10-20(8-2,26-6)12-16(24-4)18(14)22/h9-12H,7-8H2,1-6H3. The number of hydrogen-bond acceptors (Lipinski definition) is 6. The lowest BCUT2D eigenvalue weighted by atomic mass is 9.79. The Kier molecular flexibility index (Phi) is 5.88. The lowest BCUT2D eigenvalue weighted by Gasteiger charge is -2.33. The van der Waals surface area contributed by atoms with E-state index in [-0.39, 0.29) is 34.2 Å². The first-order chi connectivity index (χ1) is 12.3. The monoisotopic (exact) mass is 362 g/mol. The molecule has 0 bridgehead atoms. The lowest BCUT2D eigenvalue weighted by molar-refractivity contribution is -0.118. The first-order valence-electron chi connectivity index (χ1n) is 8.54. The van der Waals surface area contributed by atoms with Gasteiger partial charge in [-0.3, -0.25) is 9.59 Å². The largest absolute Gasteiger partial charge is 0.493 e. The second-order valence-electron chi connectivity index (χ2n) is 6.22. The predicted octanol–water partition coefficient (Wildman–Crippen LogP) is 2.66. The van der Waals surface area contributed by atoms with Crippen LogP contribution >= 0.6 is 0 Å². The summed E-state index contributed by atoms with van der Waals surface area (Å²) in [6.45, 7) is 3.86. The Hall–Kier alpha value is -2.18. The van der Waals surface area contributed by atoms with Gasteiger partial charge in [0.15, 0.2) is 11.5 Å². The van der Waals surface area contributed by atoms with Crippen molar-refractivity contribution in [1.29, 1.82) is 0 Å². The van der Waals surface area contributed by atoms with Crippen LogP contribution in [0.2, 0.25) is 0 Å². The molecule has 0 aromatic carbocycles. The third-order valence-corrected chi connectivity index (χ3v) is 5.06. The van der Waals surface area contributed by atoms with Gasteiger partial charge in [-0.25, -0.2) is 0 Å². The summed E-state index contributed by atoms with van der Waals surface area (Å²) in [5.41, 5.74) is -1.19. The molecule has 2 atom stereocenters. The van der Waals surface area contributed by atoms with Crippen LogP contribution in [0, 0.1) is 0 Å². The van der Waals surface area contributed by atoms with E-state index < -0.39 is 11.2 Å². The molecule has 0 fully saturated rings. The van der Waals surface area contributed by atoms with Gasteiger partial charge in [-0.15, -0.1) is 0 Å². The number of carbonyl (C=O) groups excluding carboxylic acids is 2. The maximum Gasteiger partial charge on any atom is 0.227 e. The Balaban J connectivity index is 2.67. The van der Waals surface area contributed by atoms with Gasteiger partial charge in [0.1, 0.15) is 11.2 Å². The van der Waals surface area contributed by atoms with Crippen LogP contribution < -0.4 is 0 Å². The molecule has 0 aromatic heterocycles. The van der Waals surface area contributed by atoms with Gasteiger partial charge in [-0.05, 0) is 37.1 Å². The second kappa shape index (κ2) is 7.60. The zero-order chi connectivity index (χ0) is 19.5. The van der Waals surface area contributed by atoms with Crippen LogP contribution in [0.1, 0.15) is 26.7 Å². The molecular weight excluding hydrogens is 336 g/mol. The van der Waals surface area contributed by atoms with Crippen molar-refractivity contribution >= 4 is 11.6 Å². The molecular formula is C20H26O6. The summed E-state index contributed by atoms with van der Waals surface area (Å²) in [6, 6.07) is 0. The van der Waals surface area contributed by atoms with E-state index in [1.165, 1.54) is 14.2 Å². The van der Waals surface area contributed by atoms with Crippen molar-refractivity contribution < 1.29 is 28.5 Å². The highest BCUT2D eigenvalue weighted by Crippen LogP contribution is 2.37. The van der Waals surface area contributed by atoms with Crippen molar-refractivity contribution in [3.8, 4) is 0 Å². The summed E-state index contributed by atoms with van der Waals surface area (Å²) in [4.78, 5) is 25.8. The van der Waals surface area contributed by atoms with Crippen LogP contribution in [0.25, 0.3) is 0 Å². The molecule has 6 nitrogen and oxygen atoms in total. The molecule has 2 aliphatic carbocycles. The fourth-order valence-electron chi connectivity index (χ4n) is 3.18. The minimum absolute atomic E-state index is 0.146. The topological polar surface area (TPSA) is 71.1 Å². The average Bonchev–Trinajstić information content (AvgIpc) is 2.69. The molecule has 0 saturated heterocycles. The van der Waals surface area contributed by atoms with E-state index in [1.807, 2.05) is 13.8 Å². The molecule has 0 heterocycles. The van der Waals surface area contributed by atoms with Gasteiger partial charge in [0.2, 0.25) is 11.6 Å². The van der Waals surface area contributed by atoms with Crippen LogP contribution in [0.15, 0.2) is 47.0 Å². The van der Waals surface area contributed by atoms with Gasteiger partial charge >= 0.3 is 0 Å². The second-order valence-corrected chi connectivity index (χ2v) is 6.22. The SMILES string of the molecule is CCC1(OC)C=C(OC)C(=O)C(C2=CC(CC)(OC)C=C(OC)C2=O)=C1. The average molecular weight is 362 g/mol. The summed E-state index contributed by atoms with van der Waals surface area (Å²) < 4.78 is 21.7. The molecule has 0 saturated carbocycles. The van der Waals surface area contributed by atoms with Crippen LogP contribution in [-0.4, -0.2) is 51.2 Å². The third kappa shape index (κ3) is 3.27. The minimum Gasteiger partial charge on any atom is -0.493 e. The first-order valence-corrected chi connectivity index (χ1v) is 8.54. The van der Waals surface area contributed by atoms with E-state index in [9.17, 15) is 9.59 Å². The fraction of sp³-hybridized carbons (Fsp3) is 0.500. The van der Waals surface area contributed by atoms with E-state index in [2.05, 4.69) is 0 Å². The molecule has 2 unspecified atom stereocenters. The van der Waals surface area contributed by atoms with E-state index in [0.29, 0.717) is 12.8 Å².